The summed E-state index contributed by atoms with van der Waals surface area (Å²) in [5.41, 5.74) is 1.16. The van der Waals surface area contributed by atoms with E-state index in [2.05, 4.69) is 11.9 Å². The number of hydrogen-bond acceptors (Lipinski definition) is 11. The number of nitrogens with one attached hydrogen (secondary N) is 1. The van der Waals surface area contributed by atoms with Gasteiger partial charge in [-0.1, -0.05) is 26.3 Å². The number of benzene rings is 1. The van der Waals surface area contributed by atoms with Crippen LogP contribution in [0.4, 0.5) is 0 Å². The van der Waals surface area contributed by atoms with E-state index in [1.165, 1.54) is 14.2 Å². The lowest BCUT2D eigenvalue weighted by molar-refractivity contribution is -0.222. The number of amides is 1. The Bertz CT molecular complexity index is 1200. The fraction of sp³-hybridized carbons (Fsp3) is 0.688. The molecule has 5 N–H and O–H groups in total. The number of carbonyl (C=O) groups is 2. The summed E-state index contributed by atoms with van der Waals surface area (Å²) >= 11 is 0. The van der Waals surface area contributed by atoms with Gasteiger partial charge < -0.3 is 49.4 Å². The molecular weight excluding hydrogens is 574 g/mol. The third-order valence-corrected chi connectivity index (χ3v) is 9.26. The molecule has 1 aromatic rings. The smallest absolute Gasteiger partial charge is 0.342 e. The number of carbonyl (C=O) groups excluding carboxylic acids is 2. The van der Waals surface area contributed by atoms with Gasteiger partial charge in [-0.2, -0.15) is 0 Å². The summed E-state index contributed by atoms with van der Waals surface area (Å²) in [5.74, 6) is -2.43. The average Bonchev–Trinajstić information content (AvgIpc) is 2.96. The second-order valence-corrected chi connectivity index (χ2v) is 12.7. The van der Waals surface area contributed by atoms with Gasteiger partial charge in [0.25, 0.3) is 5.91 Å². The van der Waals surface area contributed by atoms with Crippen molar-refractivity contribution in [3.63, 3.8) is 0 Å². The van der Waals surface area contributed by atoms with Gasteiger partial charge in [0.1, 0.15) is 29.3 Å². The number of methoxy groups -OCH3 is 3. The van der Waals surface area contributed by atoms with Crippen LogP contribution in [0.5, 0.6) is 11.5 Å². The van der Waals surface area contributed by atoms with E-state index >= 15 is 0 Å². The van der Waals surface area contributed by atoms with Gasteiger partial charge in [0.15, 0.2) is 12.3 Å². The van der Waals surface area contributed by atoms with Crippen LogP contribution in [0.2, 0.25) is 0 Å². The highest BCUT2D eigenvalue weighted by molar-refractivity contribution is 5.96. The van der Waals surface area contributed by atoms with Crippen LogP contribution in [0, 0.1) is 18.3 Å². The van der Waals surface area contributed by atoms with Crippen LogP contribution in [-0.2, 0) is 34.9 Å². The van der Waals surface area contributed by atoms with Crippen LogP contribution in [-0.4, -0.2) is 103 Å². The lowest BCUT2D eigenvalue weighted by Crippen LogP contribution is -2.59. The minimum Gasteiger partial charge on any atom is -0.508 e. The predicted molar refractivity (Wildman–Crippen MR) is 160 cm³/mol. The molecule has 9 atom stereocenters. The van der Waals surface area contributed by atoms with Gasteiger partial charge in [-0.05, 0) is 31.4 Å². The Morgan fingerprint density at radius 2 is 1.82 bits per heavy atom. The largest absolute Gasteiger partial charge is 0.508 e. The van der Waals surface area contributed by atoms with Crippen LogP contribution in [0.15, 0.2) is 18.2 Å². The normalized spacial score (nSPS) is 26.5. The number of ether oxygens (including phenoxy) is 5. The number of esters is 1. The van der Waals surface area contributed by atoms with Crippen LogP contribution < -0.4 is 5.32 Å². The Morgan fingerprint density at radius 3 is 2.39 bits per heavy atom. The summed E-state index contributed by atoms with van der Waals surface area (Å²) in [6.45, 7) is 13.0. The zero-order chi connectivity index (χ0) is 33.1. The molecule has 44 heavy (non-hydrogen) atoms. The Kier molecular flexibility index (Phi) is 11.8. The van der Waals surface area contributed by atoms with Crippen molar-refractivity contribution >= 4 is 11.9 Å². The number of aliphatic hydroxyl groups is 2. The van der Waals surface area contributed by atoms with Gasteiger partial charge in [0.2, 0.25) is 0 Å². The van der Waals surface area contributed by atoms with Crippen LogP contribution in [0.25, 0.3) is 0 Å². The minimum atomic E-state index is -1.47. The maximum absolute atomic E-state index is 13.0. The van der Waals surface area contributed by atoms with Crippen molar-refractivity contribution < 1.29 is 53.7 Å². The Balaban J connectivity index is 1.76. The summed E-state index contributed by atoms with van der Waals surface area (Å²) in [5, 5.41) is 45.2. The highest BCUT2D eigenvalue weighted by atomic mass is 16.6. The van der Waals surface area contributed by atoms with Crippen molar-refractivity contribution in [1.29, 1.82) is 0 Å². The van der Waals surface area contributed by atoms with Crippen LogP contribution >= 0.6 is 0 Å². The van der Waals surface area contributed by atoms with Gasteiger partial charge >= 0.3 is 5.97 Å². The van der Waals surface area contributed by atoms with E-state index in [0.29, 0.717) is 24.0 Å². The lowest BCUT2D eigenvalue weighted by Gasteiger charge is -2.49. The average molecular weight is 624 g/mol. The molecule has 12 heteroatoms. The molecule has 0 radical (unpaired) electrons. The van der Waals surface area contributed by atoms with E-state index in [-0.39, 0.29) is 36.0 Å². The summed E-state index contributed by atoms with van der Waals surface area (Å²) in [6, 6.07) is 1.12. The topological polar surface area (TPSA) is 173 Å². The first-order valence-electron chi connectivity index (χ1n) is 14.9. The first-order valence-corrected chi connectivity index (χ1v) is 14.9. The van der Waals surface area contributed by atoms with Gasteiger partial charge in [-0.3, -0.25) is 4.79 Å². The van der Waals surface area contributed by atoms with Gasteiger partial charge in [-0.25, -0.2) is 4.79 Å². The Hall–Kier alpha value is -2.74. The molecule has 3 rings (SSSR count). The van der Waals surface area contributed by atoms with Crippen LogP contribution in [0.1, 0.15) is 68.4 Å². The summed E-state index contributed by atoms with van der Waals surface area (Å²) in [6.07, 6.45) is -5.47. The standard InChI is InChI=1S/C32H49NO11/c1-15(2)10-23(40-7)28(37)29(38)33-30(42-9)24-14-25(41-8)32(5,6)26(43-24)13-20(35)17(4)22-11-18-16(3)19(34)12-21(36)27(18)31(39)44-22/h12,17,20,22-26,28,30,34-37H,1,10-11,13-14H2,2-9H3,(H,33,38)/t17-,20+,22-,23+,24+,25-,26?,28+,30?/m1/s1. The van der Waals surface area contributed by atoms with Crippen molar-refractivity contribution in [2.24, 2.45) is 11.3 Å². The fourth-order valence-corrected chi connectivity index (χ4v) is 6.19. The van der Waals surface area contributed by atoms with E-state index in [0.717, 1.165) is 11.6 Å². The molecule has 1 fully saturated rings. The maximum atomic E-state index is 13.0. The molecule has 0 bridgehead atoms. The molecule has 0 aromatic heterocycles. The third-order valence-electron chi connectivity index (χ3n) is 9.26. The molecule has 2 aliphatic rings. The van der Waals surface area contributed by atoms with Gasteiger partial charge in [-0.15, -0.1) is 6.58 Å². The minimum absolute atomic E-state index is 0.0231. The van der Waals surface area contributed by atoms with Crippen molar-refractivity contribution in [3.05, 3.63) is 34.9 Å². The highest BCUT2D eigenvalue weighted by Crippen LogP contribution is 2.43. The maximum Gasteiger partial charge on any atom is 0.342 e. The second-order valence-electron chi connectivity index (χ2n) is 12.7. The molecule has 248 valence electrons. The van der Waals surface area contributed by atoms with Gasteiger partial charge in [0.05, 0.1) is 24.4 Å². The monoisotopic (exact) mass is 623 g/mol. The molecule has 2 heterocycles. The number of hydrogen-bond donors (Lipinski definition) is 5. The number of fused-ring (bicyclic) bond motifs is 1. The highest BCUT2D eigenvalue weighted by Gasteiger charge is 2.49. The van der Waals surface area contributed by atoms with E-state index in [9.17, 15) is 30.0 Å². The number of rotatable bonds is 13. The molecule has 2 unspecified atom stereocenters. The van der Waals surface area contributed by atoms with Crippen LogP contribution in [0.3, 0.4) is 0 Å². The first-order chi connectivity index (χ1) is 20.6. The zero-order valence-electron chi connectivity index (χ0n) is 27.0. The van der Waals surface area contributed by atoms with Crippen molar-refractivity contribution in [2.45, 2.75) is 109 Å². The molecule has 1 aromatic carbocycles. The molecular formula is C32H49NO11. The first kappa shape index (κ1) is 35.7. The molecule has 1 amide bonds. The molecule has 0 aliphatic carbocycles. The quantitative estimate of drug-likeness (QED) is 0.124. The third kappa shape index (κ3) is 7.55. The number of phenols is 2. The van der Waals surface area contributed by atoms with E-state index in [1.54, 1.807) is 27.9 Å². The lowest BCUT2D eigenvalue weighted by atomic mass is 9.72. The number of cyclic esters (lactones) is 1. The zero-order valence-corrected chi connectivity index (χ0v) is 27.0. The molecule has 0 spiro atoms. The molecule has 2 aliphatic heterocycles. The second kappa shape index (κ2) is 14.6. The van der Waals surface area contributed by atoms with Crippen molar-refractivity contribution in [2.75, 3.05) is 21.3 Å². The summed E-state index contributed by atoms with van der Waals surface area (Å²) < 4.78 is 28.8. The summed E-state index contributed by atoms with van der Waals surface area (Å²) in [4.78, 5) is 25.8. The van der Waals surface area contributed by atoms with Crippen molar-refractivity contribution in [3.8, 4) is 11.5 Å². The molecule has 0 saturated carbocycles. The van der Waals surface area contributed by atoms with E-state index < -0.39 is 66.1 Å². The van der Waals surface area contributed by atoms with E-state index in [4.69, 9.17) is 23.7 Å². The number of aliphatic hydroxyl groups excluding tert-OH is 2. The van der Waals surface area contributed by atoms with Gasteiger partial charge in [0, 0.05) is 58.0 Å². The Morgan fingerprint density at radius 1 is 1.16 bits per heavy atom. The molecule has 12 nitrogen and oxygen atoms in total. The molecule has 1 saturated heterocycles. The Labute approximate surface area is 259 Å². The fourth-order valence-electron chi connectivity index (χ4n) is 6.19. The van der Waals surface area contributed by atoms with E-state index in [1.807, 2.05) is 13.8 Å². The SMILES string of the molecule is C=C(C)C[C@H](OC)[C@H](O)C(=O)NC(OC)[C@@H]1C[C@@H](OC)C(C)(C)C(C[C@H](O)[C@@H](C)[C@H]2Cc3c(C)c(O)cc(O)c3C(=O)O2)O1. The number of aromatic hydroxyl groups is 2. The van der Waals surface area contributed by atoms with Crippen molar-refractivity contribution in [1.82, 2.24) is 5.32 Å². The summed E-state index contributed by atoms with van der Waals surface area (Å²) in [7, 11) is 4.41. The number of phenolic OH excluding ortho intramolecular Hbond substituents is 2. The predicted octanol–water partition coefficient (Wildman–Crippen LogP) is 2.50.